The van der Waals surface area contributed by atoms with Crippen LogP contribution in [0.3, 0.4) is 0 Å². The van der Waals surface area contributed by atoms with E-state index in [4.69, 9.17) is 9.97 Å². The minimum absolute atomic E-state index is 0.586. The summed E-state index contributed by atoms with van der Waals surface area (Å²) in [4.78, 5) is 14.0. The molecule has 0 aliphatic carbocycles. The fourth-order valence-corrected chi connectivity index (χ4v) is 15.1. The van der Waals surface area contributed by atoms with Crippen molar-refractivity contribution in [2.24, 2.45) is 0 Å². The molecular formula is C51H26N6S4. The van der Waals surface area contributed by atoms with Crippen LogP contribution in [-0.2, 0) is 0 Å². The molecule has 0 saturated heterocycles. The number of hydrogen-bond acceptors (Lipinski definition) is 7. The molecule has 0 aliphatic rings. The molecular weight excluding hydrogens is 825 g/mol. The van der Waals surface area contributed by atoms with Gasteiger partial charge in [0, 0.05) is 62.2 Å². The van der Waals surface area contributed by atoms with Crippen LogP contribution in [0.1, 0.15) is 0 Å². The Balaban J connectivity index is 1.12. The molecule has 0 bridgehead atoms. The smallest absolute Gasteiger partial charge is 0.237 e. The first-order valence-corrected chi connectivity index (χ1v) is 23.3. The van der Waals surface area contributed by atoms with Crippen LogP contribution in [0.2, 0.25) is 0 Å². The molecule has 0 aliphatic heterocycles. The summed E-state index contributed by atoms with van der Waals surface area (Å²) in [5.74, 6) is 0.586. The Morgan fingerprint density at radius 1 is 0.361 bits per heavy atom. The van der Waals surface area contributed by atoms with Gasteiger partial charge in [0.25, 0.3) is 0 Å². The predicted molar refractivity (Wildman–Crippen MR) is 262 cm³/mol. The largest absolute Gasteiger partial charge is 0.306 e. The van der Waals surface area contributed by atoms with Crippen molar-refractivity contribution in [2.75, 3.05) is 0 Å². The molecule has 15 rings (SSSR count). The first-order chi connectivity index (χ1) is 30.3. The third kappa shape index (κ3) is 4.22. The highest BCUT2D eigenvalue weighted by molar-refractivity contribution is 7.34. The van der Waals surface area contributed by atoms with Crippen molar-refractivity contribution in [3.63, 3.8) is 0 Å². The second kappa shape index (κ2) is 11.9. The van der Waals surface area contributed by atoms with E-state index < -0.39 is 0 Å². The van der Waals surface area contributed by atoms with Crippen LogP contribution in [0.5, 0.6) is 0 Å². The van der Waals surface area contributed by atoms with Gasteiger partial charge in [-0.2, -0.15) is 0 Å². The molecule has 0 spiro atoms. The lowest BCUT2D eigenvalue weighted by atomic mass is 10.0. The predicted octanol–water partition coefficient (Wildman–Crippen LogP) is 15.2. The molecule has 0 saturated carbocycles. The molecule has 15 aromatic rings. The molecule has 61 heavy (non-hydrogen) atoms. The van der Waals surface area contributed by atoms with Gasteiger partial charge < -0.3 is 9.13 Å². The minimum atomic E-state index is 0.586. The molecule has 284 valence electrons. The number of fused-ring (bicyclic) bond motifs is 19. The van der Waals surface area contributed by atoms with Crippen molar-refractivity contribution in [3.8, 4) is 17.3 Å². The van der Waals surface area contributed by atoms with Crippen molar-refractivity contribution in [1.29, 1.82) is 0 Å². The minimum Gasteiger partial charge on any atom is -0.306 e. The average molecular weight is 851 g/mol. The maximum absolute atomic E-state index is 4.85. The molecule has 0 atom stereocenters. The number of hydrogen-bond donors (Lipinski definition) is 0. The maximum Gasteiger partial charge on any atom is 0.237 e. The van der Waals surface area contributed by atoms with Gasteiger partial charge in [0.05, 0.1) is 57.6 Å². The molecule has 8 aromatic heterocycles. The van der Waals surface area contributed by atoms with Crippen molar-refractivity contribution >= 4 is 159 Å². The zero-order valence-corrected chi connectivity index (χ0v) is 35.1. The highest BCUT2D eigenvalue weighted by atomic mass is 32.1. The summed E-state index contributed by atoms with van der Waals surface area (Å²) < 4.78 is 17.8. The van der Waals surface area contributed by atoms with Crippen molar-refractivity contribution < 1.29 is 0 Å². The number of nitrogens with zero attached hydrogens (tertiary/aromatic N) is 6. The summed E-state index contributed by atoms with van der Waals surface area (Å²) in [6, 6.07) is 53.7. The van der Waals surface area contributed by atoms with E-state index in [0.29, 0.717) is 5.95 Å². The van der Waals surface area contributed by atoms with Crippen molar-refractivity contribution in [3.05, 3.63) is 158 Å². The molecule has 0 amide bonds. The first-order valence-electron chi connectivity index (χ1n) is 20.1. The van der Waals surface area contributed by atoms with Gasteiger partial charge in [0.15, 0.2) is 0 Å². The van der Waals surface area contributed by atoms with Crippen LogP contribution in [0, 0.1) is 0 Å². The van der Waals surface area contributed by atoms with Crippen molar-refractivity contribution in [2.45, 2.75) is 0 Å². The van der Waals surface area contributed by atoms with E-state index in [-0.39, 0.29) is 0 Å². The monoisotopic (exact) mass is 850 g/mol. The van der Waals surface area contributed by atoms with Crippen molar-refractivity contribution in [1.82, 2.24) is 28.7 Å². The summed E-state index contributed by atoms with van der Waals surface area (Å²) in [6.45, 7) is 0. The zero-order valence-electron chi connectivity index (χ0n) is 31.8. The lowest BCUT2D eigenvalue weighted by Crippen LogP contribution is -2.02. The summed E-state index contributed by atoms with van der Waals surface area (Å²) >= 11 is 7.57. The normalized spacial score (nSPS) is 12.6. The quantitative estimate of drug-likeness (QED) is 0.178. The van der Waals surface area contributed by atoms with Gasteiger partial charge in [-0.3, -0.25) is 4.57 Å². The second-order valence-corrected chi connectivity index (χ2v) is 19.8. The molecule has 0 fully saturated rings. The Bertz CT molecular complexity index is 4190. The van der Waals surface area contributed by atoms with E-state index in [1.807, 2.05) is 45.3 Å². The molecule has 0 N–H and O–H groups in total. The summed E-state index contributed by atoms with van der Waals surface area (Å²) in [7, 11) is 0. The Labute approximate surface area is 361 Å². The van der Waals surface area contributed by atoms with E-state index in [9.17, 15) is 0 Å². The fraction of sp³-hybridized carbons (Fsp3) is 0. The van der Waals surface area contributed by atoms with E-state index >= 15 is 0 Å². The molecule has 10 heteroatoms. The van der Waals surface area contributed by atoms with Crippen LogP contribution in [-0.4, -0.2) is 28.7 Å². The van der Waals surface area contributed by atoms with E-state index in [0.717, 1.165) is 27.8 Å². The highest BCUT2D eigenvalue weighted by Crippen LogP contribution is 2.51. The zero-order chi connectivity index (χ0) is 39.5. The van der Waals surface area contributed by atoms with Gasteiger partial charge in [-0.25, -0.2) is 15.0 Å². The Morgan fingerprint density at radius 3 is 1.31 bits per heavy atom. The summed E-state index contributed by atoms with van der Waals surface area (Å²) in [5.41, 5.74) is 9.36. The van der Waals surface area contributed by atoms with E-state index in [1.165, 1.54) is 97.4 Å². The Kier molecular flexibility index (Phi) is 6.39. The topological polar surface area (TPSA) is 53.5 Å². The Morgan fingerprint density at radius 2 is 0.803 bits per heavy atom. The molecule has 0 radical (unpaired) electrons. The van der Waals surface area contributed by atoms with Gasteiger partial charge in [0.1, 0.15) is 12.7 Å². The van der Waals surface area contributed by atoms with Crippen LogP contribution < -0.4 is 0 Å². The lowest BCUT2D eigenvalue weighted by molar-refractivity contribution is 0.939. The number of aromatic nitrogens is 6. The third-order valence-corrected chi connectivity index (χ3v) is 17.5. The molecule has 6 nitrogen and oxygen atoms in total. The Hall–Kier alpha value is -6.95. The summed E-state index contributed by atoms with van der Waals surface area (Å²) in [6.07, 6.45) is 3.21. The van der Waals surface area contributed by atoms with E-state index in [1.54, 1.807) is 12.7 Å². The van der Waals surface area contributed by atoms with Gasteiger partial charge in [-0.05, 0) is 47.9 Å². The van der Waals surface area contributed by atoms with Gasteiger partial charge in [-0.15, -0.1) is 45.3 Å². The molecule has 8 heterocycles. The van der Waals surface area contributed by atoms with Gasteiger partial charge >= 0.3 is 0 Å². The molecule has 7 aromatic carbocycles. The first kappa shape index (κ1) is 32.8. The summed E-state index contributed by atoms with van der Waals surface area (Å²) in [5, 5.41) is 9.80. The number of thiophene rings is 4. The fourth-order valence-electron chi connectivity index (χ4n) is 10.1. The van der Waals surface area contributed by atoms with Crippen LogP contribution >= 0.6 is 45.3 Å². The maximum atomic E-state index is 4.85. The number of rotatable bonds is 3. The van der Waals surface area contributed by atoms with Crippen LogP contribution in [0.15, 0.2) is 158 Å². The van der Waals surface area contributed by atoms with Crippen LogP contribution in [0.25, 0.3) is 131 Å². The molecule has 0 unspecified atom stereocenters. The lowest BCUT2D eigenvalue weighted by Gasteiger charge is -2.14. The standard InChI is InChI=1S/C51H26N6S4/c1-2-12-29-28(11-1)36(57-45-33-15-5-9-19-40(33)60-49(45)50-46(57)34-16-6-10-20-41(34)61-50)24-37-42(29)30-22-21-27(23-35(30)56(37)51-53-25-52-26-54-51)55-43-31-13-3-7-17-38(31)58-47(43)48-44(55)32-14-4-8-18-39(32)59-48/h1-26H. The SMILES string of the molecule is c1ccc2c(c1)sc1c3sc4ccccc4c3n(-c3ccc4c5c6ccccc6c(-n6c7c8ccccc8sc7c7sc8ccccc8c76)cc5n(-c5ncncn5)c4c3)c21. The third-order valence-electron chi connectivity index (χ3n) is 12.5. The van der Waals surface area contributed by atoms with Gasteiger partial charge in [-0.1, -0.05) is 103 Å². The van der Waals surface area contributed by atoms with Crippen LogP contribution in [0.4, 0.5) is 0 Å². The average Bonchev–Trinajstić information content (AvgIpc) is 4.17. The number of benzene rings is 7. The second-order valence-electron chi connectivity index (χ2n) is 15.6. The van der Waals surface area contributed by atoms with Gasteiger partial charge in [0.2, 0.25) is 5.95 Å². The highest BCUT2D eigenvalue weighted by Gasteiger charge is 2.27. The van der Waals surface area contributed by atoms with E-state index in [2.05, 4.69) is 164 Å².